The summed E-state index contributed by atoms with van der Waals surface area (Å²) in [7, 11) is 0. The van der Waals surface area contributed by atoms with Gasteiger partial charge < -0.3 is 4.74 Å². The van der Waals surface area contributed by atoms with Crippen molar-refractivity contribution in [1.82, 2.24) is 0 Å². The number of ether oxygens (including phenoxy) is 1. The molecule has 0 saturated heterocycles. The van der Waals surface area contributed by atoms with E-state index in [0.717, 1.165) is 18.3 Å². The minimum absolute atomic E-state index is 0.543. The highest BCUT2D eigenvalue weighted by molar-refractivity contribution is 5.27. The summed E-state index contributed by atoms with van der Waals surface area (Å²) >= 11 is 0. The van der Waals surface area contributed by atoms with E-state index in [-0.39, 0.29) is 0 Å². The maximum Gasteiger partial charge on any atom is 0.119 e. The molecule has 0 unspecified atom stereocenters. The minimum atomic E-state index is 0.543. The molecule has 0 atom stereocenters. The van der Waals surface area contributed by atoms with Gasteiger partial charge in [-0.25, -0.2) is 0 Å². The Hall–Kier alpha value is -1.42. The topological polar surface area (TPSA) is 9.23 Å². The molecule has 1 aromatic carbocycles. The third-order valence-electron chi connectivity index (χ3n) is 4.16. The SMILES string of the molecule is C#C[C@H]1CC[C@H](CCc2ccc(OCC)cc2)CC1. The molecule has 0 aromatic heterocycles. The van der Waals surface area contributed by atoms with Crippen molar-refractivity contribution in [3.8, 4) is 18.1 Å². The summed E-state index contributed by atoms with van der Waals surface area (Å²) in [6.45, 7) is 2.75. The number of benzene rings is 1. The fourth-order valence-electron chi connectivity index (χ4n) is 2.91. The standard InChI is InChI=1S/C18H24O/c1-3-15-5-7-16(8-6-15)9-10-17-11-13-18(14-12-17)19-4-2/h1,11-16H,4-10H2,2H3/t15-,16-. The van der Waals surface area contributed by atoms with Crippen LogP contribution in [0.2, 0.25) is 0 Å². The molecule has 1 aliphatic rings. The van der Waals surface area contributed by atoms with Gasteiger partial charge in [0.2, 0.25) is 0 Å². The highest BCUT2D eigenvalue weighted by Crippen LogP contribution is 2.31. The molecule has 0 heterocycles. The molecule has 0 bridgehead atoms. The zero-order valence-corrected chi connectivity index (χ0v) is 11.9. The van der Waals surface area contributed by atoms with Crippen LogP contribution in [0.25, 0.3) is 0 Å². The van der Waals surface area contributed by atoms with Gasteiger partial charge in [0.15, 0.2) is 0 Å². The largest absolute Gasteiger partial charge is 0.494 e. The third-order valence-corrected chi connectivity index (χ3v) is 4.16. The Morgan fingerprint density at radius 2 is 1.84 bits per heavy atom. The van der Waals surface area contributed by atoms with Crippen molar-refractivity contribution >= 4 is 0 Å². The summed E-state index contributed by atoms with van der Waals surface area (Å²) in [4.78, 5) is 0. The first kappa shape index (κ1) is 14.0. The van der Waals surface area contributed by atoms with Crippen LogP contribution in [-0.2, 0) is 6.42 Å². The normalized spacial score (nSPS) is 22.7. The number of terminal acetylenes is 1. The summed E-state index contributed by atoms with van der Waals surface area (Å²) in [6.07, 6.45) is 13.0. The Bertz CT molecular complexity index is 404. The molecule has 0 amide bonds. The number of hydrogen-bond donors (Lipinski definition) is 0. The molecule has 1 aliphatic carbocycles. The van der Waals surface area contributed by atoms with E-state index >= 15 is 0 Å². The van der Waals surface area contributed by atoms with Gasteiger partial charge in [-0.3, -0.25) is 0 Å². The Balaban J connectivity index is 1.75. The van der Waals surface area contributed by atoms with Crippen molar-refractivity contribution in [3.05, 3.63) is 29.8 Å². The second-order valence-corrected chi connectivity index (χ2v) is 5.50. The Morgan fingerprint density at radius 3 is 2.42 bits per heavy atom. The number of rotatable bonds is 5. The van der Waals surface area contributed by atoms with Crippen LogP contribution in [0.3, 0.4) is 0 Å². The summed E-state index contributed by atoms with van der Waals surface area (Å²) < 4.78 is 5.46. The lowest BCUT2D eigenvalue weighted by Gasteiger charge is -2.25. The van der Waals surface area contributed by atoms with Crippen LogP contribution < -0.4 is 4.74 Å². The van der Waals surface area contributed by atoms with Crippen molar-refractivity contribution in [2.45, 2.75) is 45.4 Å². The maximum absolute atomic E-state index is 5.49. The van der Waals surface area contributed by atoms with Gasteiger partial charge in [0.25, 0.3) is 0 Å². The summed E-state index contributed by atoms with van der Waals surface area (Å²) in [5, 5.41) is 0. The van der Waals surface area contributed by atoms with Crippen LogP contribution in [0.15, 0.2) is 24.3 Å². The second-order valence-electron chi connectivity index (χ2n) is 5.50. The number of hydrogen-bond acceptors (Lipinski definition) is 1. The fourth-order valence-corrected chi connectivity index (χ4v) is 2.91. The quantitative estimate of drug-likeness (QED) is 0.707. The Labute approximate surface area is 117 Å². The highest BCUT2D eigenvalue weighted by atomic mass is 16.5. The molecule has 19 heavy (non-hydrogen) atoms. The first-order chi connectivity index (χ1) is 9.31. The molecule has 1 nitrogen and oxygen atoms in total. The van der Waals surface area contributed by atoms with Gasteiger partial charge in [0, 0.05) is 5.92 Å². The average molecular weight is 256 g/mol. The fraction of sp³-hybridized carbons (Fsp3) is 0.556. The van der Waals surface area contributed by atoms with E-state index in [9.17, 15) is 0 Å². The molecule has 2 rings (SSSR count). The molecule has 1 aromatic rings. The van der Waals surface area contributed by atoms with Crippen LogP contribution in [0.5, 0.6) is 5.75 Å². The van der Waals surface area contributed by atoms with Crippen molar-refractivity contribution in [2.24, 2.45) is 11.8 Å². The lowest BCUT2D eigenvalue weighted by Crippen LogP contribution is -2.13. The van der Waals surface area contributed by atoms with Gasteiger partial charge >= 0.3 is 0 Å². The molecule has 0 spiro atoms. The molecule has 0 radical (unpaired) electrons. The maximum atomic E-state index is 5.49. The van der Waals surface area contributed by atoms with Gasteiger partial charge in [-0.1, -0.05) is 12.1 Å². The van der Waals surface area contributed by atoms with Crippen LogP contribution >= 0.6 is 0 Å². The van der Waals surface area contributed by atoms with Crippen LogP contribution in [-0.4, -0.2) is 6.61 Å². The predicted octanol–water partition coefficient (Wildman–Crippen LogP) is 4.46. The van der Waals surface area contributed by atoms with Crippen molar-refractivity contribution in [1.29, 1.82) is 0 Å². The van der Waals surface area contributed by atoms with E-state index in [1.165, 1.54) is 44.1 Å². The van der Waals surface area contributed by atoms with Crippen LogP contribution in [0.1, 0.15) is 44.6 Å². The zero-order chi connectivity index (χ0) is 13.5. The van der Waals surface area contributed by atoms with Crippen molar-refractivity contribution < 1.29 is 4.74 Å². The van der Waals surface area contributed by atoms with E-state index < -0.39 is 0 Å². The van der Waals surface area contributed by atoms with Gasteiger partial charge in [0.1, 0.15) is 5.75 Å². The molecule has 1 heteroatoms. The summed E-state index contributed by atoms with van der Waals surface area (Å²) in [5.74, 6) is 5.29. The van der Waals surface area contributed by atoms with Gasteiger partial charge in [-0.2, -0.15) is 0 Å². The third kappa shape index (κ3) is 4.31. The monoisotopic (exact) mass is 256 g/mol. The lowest BCUT2D eigenvalue weighted by molar-refractivity contribution is 0.302. The zero-order valence-electron chi connectivity index (χ0n) is 11.9. The Kier molecular flexibility index (Phi) is 5.33. The molecule has 102 valence electrons. The average Bonchev–Trinajstić information content (AvgIpc) is 2.47. The first-order valence-electron chi connectivity index (χ1n) is 7.49. The molecule has 1 fully saturated rings. The van der Waals surface area contributed by atoms with Gasteiger partial charge in [0.05, 0.1) is 6.61 Å². The Morgan fingerprint density at radius 1 is 1.16 bits per heavy atom. The molecular formula is C18H24O. The van der Waals surface area contributed by atoms with E-state index in [1.54, 1.807) is 0 Å². The van der Waals surface area contributed by atoms with E-state index in [2.05, 4.69) is 30.2 Å². The summed E-state index contributed by atoms with van der Waals surface area (Å²) in [6, 6.07) is 8.54. The van der Waals surface area contributed by atoms with E-state index in [1.807, 2.05) is 6.92 Å². The number of aryl methyl sites for hydroxylation is 1. The molecular weight excluding hydrogens is 232 g/mol. The van der Waals surface area contributed by atoms with E-state index in [4.69, 9.17) is 11.2 Å². The molecule has 0 aliphatic heterocycles. The minimum Gasteiger partial charge on any atom is -0.494 e. The smallest absolute Gasteiger partial charge is 0.119 e. The highest BCUT2D eigenvalue weighted by Gasteiger charge is 2.19. The van der Waals surface area contributed by atoms with Crippen molar-refractivity contribution in [2.75, 3.05) is 6.61 Å². The second kappa shape index (κ2) is 7.24. The first-order valence-corrected chi connectivity index (χ1v) is 7.49. The molecule has 1 saturated carbocycles. The molecule has 0 N–H and O–H groups in total. The van der Waals surface area contributed by atoms with Gasteiger partial charge in [-0.05, 0) is 69.1 Å². The van der Waals surface area contributed by atoms with Crippen LogP contribution in [0, 0.1) is 24.2 Å². The van der Waals surface area contributed by atoms with Gasteiger partial charge in [-0.15, -0.1) is 12.3 Å². The van der Waals surface area contributed by atoms with Crippen LogP contribution in [0.4, 0.5) is 0 Å². The summed E-state index contributed by atoms with van der Waals surface area (Å²) in [5.41, 5.74) is 1.42. The predicted molar refractivity (Wildman–Crippen MR) is 80.2 cm³/mol. The van der Waals surface area contributed by atoms with Crippen molar-refractivity contribution in [3.63, 3.8) is 0 Å². The van der Waals surface area contributed by atoms with E-state index in [0.29, 0.717) is 5.92 Å². The lowest BCUT2D eigenvalue weighted by atomic mass is 9.80.